The minimum atomic E-state index is -0.420. The highest BCUT2D eigenvalue weighted by molar-refractivity contribution is 5.98. The Balaban J connectivity index is 1.79. The highest BCUT2D eigenvalue weighted by Crippen LogP contribution is 2.42. The van der Waals surface area contributed by atoms with E-state index >= 15 is 0 Å². The van der Waals surface area contributed by atoms with E-state index in [-0.39, 0.29) is 11.3 Å². The van der Waals surface area contributed by atoms with Gasteiger partial charge in [-0.3, -0.25) is 10.1 Å². The van der Waals surface area contributed by atoms with E-state index in [4.69, 9.17) is 4.42 Å². The third-order valence-corrected chi connectivity index (χ3v) is 5.62. The van der Waals surface area contributed by atoms with E-state index in [0.29, 0.717) is 5.58 Å². The molecule has 0 aliphatic carbocycles. The fourth-order valence-electron chi connectivity index (χ4n) is 4.47. The summed E-state index contributed by atoms with van der Waals surface area (Å²) in [5, 5.41) is 11.8. The van der Waals surface area contributed by atoms with Crippen LogP contribution in [0.4, 0.5) is 11.4 Å². The van der Waals surface area contributed by atoms with Gasteiger partial charge in [-0.15, -0.1) is 0 Å². The van der Waals surface area contributed by atoms with Crippen LogP contribution in [0, 0.1) is 10.1 Å². The van der Waals surface area contributed by atoms with E-state index in [1.807, 2.05) is 0 Å². The van der Waals surface area contributed by atoms with Crippen molar-refractivity contribution >= 4 is 22.3 Å². The second-order valence-electron chi connectivity index (χ2n) is 7.22. The van der Waals surface area contributed by atoms with E-state index in [9.17, 15) is 14.9 Å². The molecule has 0 N–H and O–H groups in total. The normalized spacial score (nSPS) is 15.6. The third-order valence-electron chi connectivity index (χ3n) is 5.62. The number of hydrogen-bond acceptors (Lipinski definition) is 5. The predicted octanol–water partition coefficient (Wildman–Crippen LogP) is 4.07. The van der Waals surface area contributed by atoms with E-state index in [2.05, 4.69) is 11.0 Å². The smallest absolute Gasteiger partial charge is 0.336 e. The van der Waals surface area contributed by atoms with E-state index < -0.39 is 4.92 Å². The Labute approximate surface area is 155 Å². The van der Waals surface area contributed by atoms with Crippen LogP contribution in [-0.2, 0) is 12.8 Å². The zero-order valence-electron chi connectivity index (χ0n) is 14.7. The topological polar surface area (TPSA) is 76.6 Å². The minimum absolute atomic E-state index is 0.0362. The second kappa shape index (κ2) is 5.94. The van der Waals surface area contributed by atoms with Crippen LogP contribution >= 0.6 is 0 Å². The summed E-state index contributed by atoms with van der Waals surface area (Å²) < 4.78 is 5.67. The largest absolute Gasteiger partial charge is 0.422 e. The number of nitro groups is 1. The van der Waals surface area contributed by atoms with Gasteiger partial charge in [0.15, 0.2) is 0 Å². The molecular weight excluding hydrogens is 344 g/mol. The molecule has 1 aromatic heterocycles. The Morgan fingerprint density at radius 2 is 1.78 bits per heavy atom. The van der Waals surface area contributed by atoms with Crippen molar-refractivity contribution in [1.82, 2.24) is 0 Å². The molecule has 0 fully saturated rings. The van der Waals surface area contributed by atoms with Gasteiger partial charge in [-0.1, -0.05) is 0 Å². The molecule has 0 unspecified atom stereocenters. The van der Waals surface area contributed by atoms with Gasteiger partial charge < -0.3 is 9.32 Å². The molecule has 6 nitrogen and oxygen atoms in total. The zero-order valence-corrected chi connectivity index (χ0v) is 14.7. The number of benzene rings is 2. The summed E-state index contributed by atoms with van der Waals surface area (Å²) in [6, 6.07) is 9.98. The van der Waals surface area contributed by atoms with Gasteiger partial charge in [0.25, 0.3) is 5.69 Å². The molecule has 0 bridgehead atoms. The lowest BCUT2D eigenvalue weighted by atomic mass is 9.88. The van der Waals surface area contributed by atoms with Crippen molar-refractivity contribution in [3.05, 3.63) is 68.1 Å². The quantitative estimate of drug-likeness (QED) is 0.390. The summed E-state index contributed by atoms with van der Waals surface area (Å²) in [6.45, 7) is 2.11. The molecule has 0 spiro atoms. The van der Waals surface area contributed by atoms with Gasteiger partial charge in [0.2, 0.25) is 0 Å². The Morgan fingerprint density at radius 1 is 1.04 bits per heavy atom. The van der Waals surface area contributed by atoms with Gasteiger partial charge in [-0.2, -0.15) is 0 Å². The highest BCUT2D eigenvalue weighted by Gasteiger charge is 2.27. The average Bonchev–Trinajstić information content (AvgIpc) is 2.68. The lowest BCUT2D eigenvalue weighted by Gasteiger charge is -2.37. The number of fused-ring (bicyclic) bond motifs is 2. The monoisotopic (exact) mass is 362 g/mol. The fraction of sp³-hybridized carbons (Fsp3) is 0.286. The number of aryl methyl sites for hydroxylation is 2. The standard InChI is InChI=1S/C21H18N2O4/c24-19-12-17(13-5-7-15(8-6-13)23(25)26)18-11-14-3-1-9-22-10-2-4-16(20(14)22)21(18)27-19/h5-8,11-12H,1-4,9-10H2. The number of non-ortho nitro benzene ring substituents is 1. The summed E-state index contributed by atoms with van der Waals surface area (Å²) in [5.41, 5.74) is 5.57. The molecule has 0 saturated heterocycles. The van der Waals surface area contributed by atoms with Crippen LogP contribution in [-0.4, -0.2) is 18.0 Å². The van der Waals surface area contributed by atoms with Crippen LogP contribution in [0.5, 0.6) is 0 Å². The molecule has 2 aliphatic rings. The van der Waals surface area contributed by atoms with Gasteiger partial charge in [0.05, 0.1) is 4.92 Å². The van der Waals surface area contributed by atoms with Gasteiger partial charge in [0, 0.05) is 47.9 Å². The molecule has 3 heterocycles. The van der Waals surface area contributed by atoms with Crippen molar-refractivity contribution in [2.24, 2.45) is 0 Å². The summed E-state index contributed by atoms with van der Waals surface area (Å²) >= 11 is 0. The first kappa shape index (κ1) is 16.1. The molecular formula is C21H18N2O4. The van der Waals surface area contributed by atoms with Crippen molar-refractivity contribution in [1.29, 1.82) is 0 Å². The molecule has 0 saturated carbocycles. The Bertz CT molecular complexity index is 1130. The molecule has 27 heavy (non-hydrogen) atoms. The number of nitro benzene ring substituents is 1. The van der Waals surface area contributed by atoms with Gasteiger partial charge >= 0.3 is 5.63 Å². The lowest BCUT2D eigenvalue weighted by Crippen LogP contribution is -2.34. The van der Waals surface area contributed by atoms with Crippen molar-refractivity contribution in [3.8, 4) is 11.1 Å². The van der Waals surface area contributed by atoms with Gasteiger partial charge in [0.1, 0.15) is 5.58 Å². The Kier molecular flexibility index (Phi) is 3.53. The summed E-state index contributed by atoms with van der Waals surface area (Å²) in [7, 11) is 0. The Hall–Kier alpha value is -3.15. The first-order chi connectivity index (χ1) is 13.1. The molecule has 5 rings (SSSR count). The molecule has 2 aliphatic heterocycles. The molecule has 0 atom stereocenters. The summed E-state index contributed by atoms with van der Waals surface area (Å²) in [6.07, 6.45) is 4.11. The molecule has 0 radical (unpaired) electrons. The molecule has 136 valence electrons. The van der Waals surface area contributed by atoms with Crippen molar-refractivity contribution < 1.29 is 9.34 Å². The van der Waals surface area contributed by atoms with Crippen LogP contribution in [0.25, 0.3) is 22.1 Å². The molecule has 6 heteroatoms. The first-order valence-corrected chi connectivity index (χ1v) is 9.24. The zero-order chi connectivity index (χ0) is 18.5. The van der Waals surface area contributed by atoms with E-state index in [1.165, 1.54) is 29.4 Å². The van der Waals surface area contributed by atoms with Crippen LogP contribution in [0.1, 0.15) is 24.0 Å². The number of nitrogens with zero attached hydrogens (tertiary/aromatic N) is 2. The number of anilines is 1. The predicted molar refractivity (Wildman–Crippen MR) is 103 cm³/mol. The van der Waals surface area contributed by atoms with Crippen molar-refractivity contribution in [3.63, 3.8) is 0 Å². The maximum absolute atomic E-state index is 12.3. The maximum Gasteiger partial charge on any atom is 0.336 e. The van der Waals surface area contributed by atoms with Gasteiger partial charge in [-0.25, -0.2) is 4.79 Å². The lowest BCUT2D eigenvalue weighted by molar-refractivity contribution is -0.384. The van der Waals surface area contributed by atoms with Crippen molar-refractivity contribution in [2.75, 3.05) is 18.0 Å². The minimum Gasteiger partial charge on any atom is -0.422 e. The number of rotatable bonds is 2. The average molecular weight is 362 g/mol. The molecule has 2 aromatic carbocycles. The van der Waals surface area contributed by atoms with Crippen LogP contribution in [0.3, 0.4) is 0 Å². The van der Waals surface area contributed by atoms with Gasteiger partial charge in [-0.05, 0) is 60.6 Å². The van der Waals surface area contributed by atoms with Crippen LogP contribution in [0.15, 0.2) is 45.6 Å². The van der Waals surface area contributed by atoms with Crippen LogP contribution in [0.2, 0.25) is 0 Å². The highest BCUT2D eigenvalue weighted by atomic mass is 16.6. The summed E-state index contributed by atoms with van der Waals surface area (Å²) in [5.74, 6) is 0. The Morgan fingerprint density at radius 3 is 2.52 bits per heavy atom. The summed E-state index contributed by atoms with van der Waals surface area (Å²) in [4.78, 5) is 25.2. The van der Waals surface area contributed by atoms with E-state index in [0.717, 1.165) is 60.8 Å². The van der Waals surface area contributed by atoms with Crippen molar-refractivity contribution in [2.45, 2.75) is 25.7 Å². The third kappa shape index (κ3) is 2.51. The molecule has 3 aromatic rings. The second-order valence-corrected chi connectivity index (χ2v) is 7.22. The molecule has 0 amide bonds. The van der Waals surface area contributed by atoms with E-state index in [1.54, 1.807) is 12.1 Å². The first-order valence-electron chi connectivity index (χ1n) is 9.24. The van der Waals surface area contributed by atoms with Crippen LogP contribution < -0.4 is 10.5 Å². The SMILES string of the molecule is O=c1cc(-c2ccc([N+](=O)[O-])cc2)c2cc3c4c(c2o1)CCCN4CCC3. The maximum atomic E-state index is 12.3. The fourth-order valence-corrected chi connectivity index (χ4v) is 4.47. The number of hydrogen-bond donors (Lipinski definition) is 0.